The lowest BCUT2D eigenvalue weighted by molar-refractivity contribution is -0.148. The van der Waals surface area contributed by atoms with Gasteiger partial charge in [0.1, 0.15) is 11.5 Å². The van der Waals surface area contributed by atoms with E-state index in [1.807, 2.05) is 0 Å². The van der Waals surface area contributed by atoms with Gasteiger partial charge in [-0.05, 0) is 49.1 Å². The lowest BCUT2D eigenvalue weighted by Crippen LogP contribution is -2.23. The van der Waals surface area contributed by atoms with Gasteiger partial charge in [0.2, 0.25) is 0 Å². The molecule has 3 atom stereocenters. The van der Waals surface area contributed by atoms with Crippen molar-refractivity contribution in [3.63, 3.8) is 0 Å². The van der Waals surface area contributed by atoms with Crippen LogP contribution < -0.4 is 14.8 Å². The molecule has 2 aliphatic rings. The molecule has 0 unspecified atom stereocenters. The monoisotopic (exact) mass is 347 g/mol. The van der Waals surface area contributed by atoms with E-state index in [0.29, 0.717) is 35.4 Å². The number of nitrogens with one attached hydrogen (secondary N) is 1. The predicted octanol–water partition coefficient (Wildman–Crippen LogP) is 3.01. The Bertz CT molecular complexity index is 645. The van der Waals surface area contributed by atoms with Gasteiger partial charge in [0.25, 0.3) is 5.91 Å². The minimum absolute atomic E-state index is 0.283. The number of rotatable bonds is 7. The fourth-order valence-electron chi connectivity index (χ4n) is 4.13. The number of hydrogen-bond acceptors (Lipinski definition) is 5. The Balaban J connectivity index is 1.45. The number of hydrogen-bond donors (Lipinski definition) is 1. The van der Waals surface area contributed by atoms with Gasteiger partial charge < -0.3 is 19.5 Å². The molecule has 3 rings (SSSR count). The number of fused-ring (bicyclic) bond motifs is 2. The first kappa shape index (κ1) is 17.6. The average Bonchev–Trinajstić information content (AvgIpc) is 3.23. The maximum atomic E-state index is 12.0. The molecule has 2 aliphatic carbocycles. The highest BCUT2D eigenvalue weighted by molar-refractivity contribution is 5.94. The van der Waals surface area contributed by atoms with Crippen LogP contribution in [0.4, 0.5) is 5.69 Å². The minimum atomic E-state index is -0.384. The second-order valence-corrected chi connectivity index (χ2v) is 6.91. The highest BCUT2D eigenvalue weighted by Gasteiger charge is 2.40. The third kappa shape index (κ3) is 4.24. The molecule has 6 heteroatoms. The van der Waals surface area contributed by atoms with E-state index in [1.165, 1.54) is 26.4 Å². The summed E-state index contributed by atoms with van der Waals surface area (Å²) in [5, 5.41) is 2.69. The van der Waals surface area contributed by atoms with E-state index in [1.54, 1.807) is 25.3 Å². The lowest BCUT2D eigenvalue weighted by Gasteiger charge is -2.20. The van der Waals surface area contributed by atoms with Crippen LogP contribution in [0.25, 0.3) is 0 Å². The summed E-state index contributed by atoms with van der Waals surface area (Å²) in [6.45, 7) is -0.283. The van der Waals surface area contributed by atoms with Crippen molar-refractivity contribution in [3.05, 3.63) is 18.2 Å². The molecule has 0 aromatic heterocycles. The van der Waals surface area contributed by atoms with Crippen LogP contribution >= 0.6 is 0 Å². The number of benzene rings is 1. The smallest absolute Gasteiger partial charge is 0.306 e. The third-order valence-electron chi connectivity index (χ3n) is 5.36. The summed E-state index contributed by atoms with van der Waals surface area (Å²) in [6.07, 6.45) is 5.37. The van der Waals surface area contributed by atoms with E-state index in [4.69, 9.17) is 14.2 Å². The minimum Gasteiger partial charge on any atom is -0.497 e. The summed E-state index contributed by atoms with van der Waals surface area (Å²) in [5.74, 6) is 2.37. The molecule has 0 radical (unpaired) electrons. The summed E-state index contributed by atoms with van der Waals surface area (Å²) in [6, 6.07) is 5.09. The Morgan fingerprint density at radius 1 is 1.16 bits per heavy atom. The predicted molar refractivity (Wildman–Crippen MR) is 92.7 cm³/mol. The molecule has 1 amide bonds. The fraction of sp³-hybridized carbons (Fsp3) is 0.579. The topological polar surface area (TPSA) is 73.9 Å². The van der Waals surface area contributed by atoms with E-state index < -0.39 is 0 Å². The van der Waals surface area contributed by atoms with Gasteiger partial charge in [-0.2, -0.15) is 0 Å². The average molecular weight is 347 g/mol. The van der Waals surface area contributed by atoms with Crippen LogP contribution in [0.2, 0.25) is 0 Å². The van der Waals surface area contributed by atoms with Crippen LogP contribution in [0.15, 0.2) is 18.2 Å². The first-order valence-corrected chi connectivity index (χ1v) is 8.76. The largest absolute Gasteiger partial charge is 0.497 e. The maximum Gasteiger partial charge on any atom is 0.306 e. The number of amides is 1. The number of methoxy groups -OCH3 is 2. The van der Waals surface area contributed by atoms with Crippen LogP contribution in [-0.2, 0) is 14.3 Å². The number of carbonyl (C=O) groups excluding carboxylic acids is 2. The second kappa shape index (κ2) is 7.76. The standard InChI is InChI=1S/C19H25NO5/c1-23-15-5-6-16(17(10-15)24-2)20-18(21)11-25-19(22)9-14-8-12-3-4-13(14)7-12/h5-6,10,12-14H,3-4,7-9,11H2,1-2H3,(H,20,21)/t12-,13-,14-/m1/s1. The molecule has 0 aliphatic heterocycles. The summed E-state index contributed by atoms with van der Waals surface area (Å²) < 4.78 is 15.5. The van der Waals surface area contributed by atoms with Crippen LogP contribution in [0.3, 0.4) is 0 Å². The van der Waals surface area contributed by atoms with Gasteiger partial charge in [-0.1, -0.05) is 6.42 Å². The second-order valence-electron chi connectivity index (χ2n) is 6.91. The molecule has 2 bridgehead atoms. The zero-order chi connectivity index (χ0) is 17.8. The molecule has 136 valence electrons. The summed E-state index contributed by atoms with van der Waals surface area (Å²) >= 11 is 0. The van der Waals surface area contributed by atoms with E-state index in [0.717, 1.165) is 12.3 Å². The first-order chi connectivity index (χ1) is 12.1. The van der Waals surface area contributed by atoms with E-state index in [-0.39, 0.29) is 18.5 Å². The molecule has 1 aromatic rings. The molecule has 0 heterocycles. The lowest BCUT2D eigenvalue weighted by atomic mass is 9.86. The van der Waals surface area contributed by atoms with Gasteiger partial charge in [-0.15, -0.1) is 0 Å². The van der Waals surface area contributed by atoms with Crippen LogP contribution in [-0.4, -0.2) is 32.7 Å². The SMILES string of the molecule is COc1ccc(NC(=O)COC(=O)C[C@H]2C[C@@H]3CC[C@@H]2C3)c(OC)c1. The Hall–Kier alpha value is -2.24. The Labute approximate surface area is 147 Å². The molecule has 1 aromatic carbocycles. The zero-order valence-electron chi connectivity index (χ0n) is 14.7. The van der Waals surface area contributed by atoms with Crippen LogP contribution in [0.5, 0.6) is 11.5 Å². The molecule has 1 N–H and O–H groups in total. The molecule has 25 heavy (non-hydrogen) atoms. The van der Waals surface area contributed by atoms with Crippen molar-refractivity contribution < 1.29 is 23.8 Å². The number of carbonyl (C=O) groups is 2. The zero-order valence-corrected chi connectivity index (χ0v) is 14.7. The Morgan fingerprint density at radius 3 is 2.64 bits per heavy atom. The third-order valence-corrected chi connectivity index (χ3v) is 5.36. The van der Waals surface area contributed by atoms with Crippen molar-refractivity contribution in [1.82, 2.24) is 0 Å². The summed E-state index contributed by atoms with van der Waals surface area (Å²) in [5.41, 5.74) is 0.512. The highest BCUT2D eigenvalue weighted by atomic mass is 16.5. The van der Waals surface area contributed by atoms with Gasteiger partial charge in [-0.3, -0.25) is 9.59 Å². The van der Waals surface area contributed by atoms with Gasteiger partial charge in [-0.25, -0.2) is 0 Å². The van der Waals surface area contributed by atoms with E-state index in [2.05, 4.69) is 5.32 Å². The molecule has 0 saturated heterocycles. The Morgan fingerprint density at radius 2 is 2.00 bits per heavy atom. The maximum absolute atomic E-state index is 12.0. The number of anilines is 1. The fourth-order valence-corrected chi connectivity index (χ4v) is 4.13. The molecular weight excluding hydrogens is 322 g/mol. The highest BCUT2D eigenvalue weighted by Crippen LogP contribution is 2.49. The first-order valence-electron chi connectivity index (χ1n) is 8.76. The Kier molecular flexibility index (Phi) is 5.46. The molecule has 6 nitrogen and oxygen atoms in total. The molecular formula is C19H25NO5. The van der Waals surface area contributed by atoms with Gasteiger partial charge in [0, 0.05) is 12.5 Å². The van der Waals surface area contributed by atoms with Crippen molar-refractivity contribution in [2.45, 2.75) is 32.1 Å². The quantitative estimate of drug-likeness (QED) is 0.768. The van der Waals surface area contributed by atoms with Crippen molar-refractivity contribution in [3.8, 4) is 11.5 Å². The van der Waals surface area contributed by atoms with Gasteiger partial charge >= 0.3 is 5.97 Å². The van der Waals surface area contributed by atoms with Gasteiger partial charge in [0.15, 0.2) is 6.61 Å². The summed E-state index contributed by atoms with van der Waals surface area (Å²) in [7, 11) is 3.07. The van der Waals surface area contributed by atoms with Crippen LogP contribution in [0, 0.1) is 17.8 Å². The van der Waals surface area contributed by atoms with E-state index >= 15 is 0 Å². The van der Waals surface area contributed by atoms with Crippen molar-refractivity contribution >= 4 is 17.6 Å². The van der Waals surface area contributed by atoms with E-state index in [9.17, 15) is 9.59 Å². The summed E-state index contributed by atoms with van der Waals surface area (Å²) in [4.78, 5) is 24.0. The van der Waals surface area contributed by atoms with Crippen LogP contribution in [0.1, 0.15) is 32.1 Å². The van der Waals surface area contributed by atoms with Crippen molar-refractivity contribution in [1.29, 1.82) is 0 Å². The number of ether oxygens (including phenoxy) is 3. The van der Waals surface area contributed by atoms with Gasteiger partial charge in [0.05, 0.1) is 19.9 Å². The normalized spacial score (nSPS) is 24.0. The number of esters is 1. The van der Waals surface area contributed by atoms with Crippen molar-refractivity contribution in [2.24, 2.45) is 17.8 Å². The molecule has 2 fully saturated rings. The molecule has 0 spiro atoms. The molecule has 2 saturated carbocycles. The van der Waals surface area contributed by atoms with Crippen molar-refractivity contribution in [2.75, 3.05) is 26.1 Å².